The van der Waals surface area contributed by atoms with E-state index in [1.54, 1.807) is 31.4 Å². The van der Waals surface area contributed by atoms with Crippen molar-refractivity contribution in [1.29, 1.82) is 0 Å². The summed E-state index contributed by atoms with van der Waals surface area (Å²) >= 11 is 0. The maximum atomic E-state index is 13.7. The van der Waals surface area contributed by atoms with E-state index in [0.717, 1.165) is 12.1 Å². The van der Waals surface area contributed by atoms with Gasteiger partial charge in [0.2, 0.25) is 5.91 Å². The molecule has 8 heteroatoms. The summed E-state index contributed by atoms with van der Waals surface area (Å²) in [5.41, 5.74) is 0.445. The van der Waals surface area contributed by atoms with Crippen molar-refractivity contribution in [3.8, 4) is 5.75 Å². The second-order valence-corrected chi connectivity index (χ2v) is 6.12. The predicted octanol–water partition coefficient (Wildman–Crippen LogP) is 3.61. The van der Waals surface area contributed by atoms with Crippen molar-refractivity contribution in [3.63, 3.8) is 0 Å². The number of methoxy groups -OCH3 is 1. The summed E-state index contributed by atoms with van der Waals surface area (Å²) in [6.07, 6.45) is 1.15. The first-order valence-electron chi connectivity index (χ1n) is 8.45. The zero-order valence-electron chi connectivity index (χ0n) is 14.7. The van der Waals surface area contributed by atoms with E-state index in [-0.39, 0.29) is 11.6 Å². The Morgan fingerprint density at radius 2 is 1.85 bits per heavy atom. The van der Waals surface area contributed by atoms with Gasteiger partial charge in [-0.25, -0.2) is 13.6 Å². The minimum atomic E-state index is -0.873. The van der Waals surface area contributed by atoms with Gasteiger partial charge in [-0.1, -0.05) is 0 Å². The van der Waals surface area contributed by atoms with Gasteiger partial charge in [-0.15, -0.1) is 0 Å². The molecule has 1 aliphatic rings. The molecular weight excluding hydrogens is 356 g/mol. The zero-order valence-corrected chi connectivity index (χ0v) is 14.7. The summed E-state index contributed by atoms with van der Waals surface area (Å²) in [5, 5.41) is 5.15. The van der Waals surface area contributed by atoms with Crippen LogP contribution in [0.5, 0.6) is 5.75 Å². The standard InChI is InChI=1S/C19H19F2N3O3/c1-27-14-7-5-13(6-8-14)22-18(25)17-3-2-10-24(17)19(26)23-16-9-4-12(20)11-15(16)21/h4-9,11,17H,2-3,10H2,1H3,(H,22,25)(H,23,26). The van der Waals surface area contributed by atoms with Crippen LogP contribution in [0.4, 0.5) is 25.0 Å². The highest BCUT2D eigenvalue weighted by molar-refractivity contribution is 5.99. The molecule has 1 heterocycles. The van der Waals surface area contributed by atoms with Gasteiger partial charge in [-0.3, -0.25) is 4.79 Å². The Kier molecular flexibility index (Phi) is 5.54. The molecule has 0 spiro atoms. The van der Waals surface area contributed by atoms with Crippen LogP contribution < -0.4 is 15.4 Å². The minimum Gasteiger partial charge on any atom is -0.497 e. The lowest BCUT2D eigenvalue weighted by Gasteiger charge is -2.24. The van der Waals surface area contributed by atoms with Gasteiger partial charge < -0.3 is 20.3 Å². The number of likely N-dealkylation sites (tertiary alicyclic amines) is 1. The van der Waals surface area contributed by atoms with Gasteiger partial charge in [-0.2, -0.15) is 0 Å². The number of ether oxygens (including phenoxy) is 1. The predicted molar refractivity (Wildman–Crippen MR) is 96.7 cm³/mol. The van der Waals surface area contributed by atoms with E-state index >= 15 is 0 Å². The maximum Gasteiger partial charge on any atom is 0.322 e. The van der Waals surface area contributed by atoms with Crippen LogP contribution in [0.3, 0.4) is 0 Å². The number of nitrogens with one attached hydrogen (secondary N) is 2. The van der Waals surface area contributed by atoms with Gasteiger partial charge in [-0.05, 0) is 49.2 Å². The fourth-order valence-electron chi connectivity index (χ4n) is 2.96. The fourth-order valence-corrected chi connectivity index (χ4v) is 2.96. The summed E-state index contributed by atoms with van der Waals surface area (Å²) in [6, 6.07) is 8.43. The van der Waals surface area contributed by atoms with Crippen LogP contribution in [0.1, 0.15) is 12.8 Å². The highest BCUT2D eigenvalue weighted by atomic mass is 19.1. The maximum absolute atomic E-state index is 13.7. The number of carbonyl (C=O) groups is 2. The van der Waals surface area contributed by atoms with Gasteiger partial charge >= 0.3 is 6.03 Å². The number of anilines is 2. The molecule has 2 aromatic rings. The van der Waals surface area contributed by atoms with Crippen LogP contribution in [-0.2, 0) is 4.79 Å². The number of benzene rings is 2. The Balaban J connectivity index is 1.66. The molecule has 3 amide bonds. The normalized spacial score (nSPS) is 16.1. The highest BCUT2D eigenvalue weighted by Crippen LogP contribution is 2.23. The van der Waals surface area contributed by atoms with Gasteiger partial charge in [0.15, 0.2) is 0 Å². The minimum absolute atomic E-state index is 0.136. The smallest absolute Gasteiger partial charge is 0.322 e. The Labute approximate surface area is 155 Å². The summed E-state index contributed by atoms with van der Waals surface area (Å²) < 4.78 is 31.8. The molecule has 142 valence electrons. The van der Waals surface area contributed by atoms with Crippen LogP contribution in [0.2, 0.25) is 0 Å². The molecule has 0 radical (unpaired) electrons. The first kappa shape index (κ1) is 18.6. The van der Waals surface area contributed by atoms with E-state index in [4.69, 9.17) is 4.74 Å². The third-order valence-electron chi connectivity index (χ3n) is 4.35. The molecule has 3 rings (SSSR count). The van der Waals surface area contributed by atoms with Crippen LogP contribution >= 0.6 is 0 Å². The van der Waals surface area contributed by atoms with Gasteiger partial charge in [0.25, 0.3) is 0 Å². The highest BCUT2D eigenvalue weighted by Gasteiger charge is 2.34. The van der Waals surface area contributed by atoms with Crippen molar-refractivity contribution in [2.75, 3.05) is 24.3 Å². The topological polar surface area (TPSA) is 70.7 Å². The molecule has 1 atom stereocenters. The molecule has 2 aromatic carbocycles. The van der Waals surface area contributed by atoms with E-state index in [1.165, 1.54) is 4.90 Å². The lowest BCUT2D eigenvalue weighted by molar-refractivity contribution is -0.119. The summed E-state index contributed by atoms with van der Waals surface area (Å²) in [6.45, 7) is 0.370. The van der Waals surface area contributed by atoms with Gasteiger partial charge in [0.1, 0.15) is 23.4 Å². The van der Waals surface area contributed by atoms with E-state index in [2.05, 4.69) is 10.6 Å². The van der Waals surface area contributed by atoms with Gasteiger partial charge in [0.05, 0.1) is 12.8 Å². The van der Waals surface area contributed by atoms with E-state index in [9.17, 15) is 18.4 Å². The second-order valence-electron chi connectivity index (χ2n) is 6.12. The monoisotopic (exact) mass is 375 g/mol. The Hall–Kier alpha value is -3.16. The van der Waals surface area contributed by atoms with Crippen LogP contribution in [0, 0.1) is 11.6 Å². The van der Waals surface area contributed by atoms with Gasteiger partial charge in [0, 0.05) is 18.3 Å². The number of hydrogen-bond acceptors (Lipinski definition) is 3. The summed E-state index contributed by atoms with van der Waals surface area (Å²) in [4.78, 5) is 26.4. The Morgan fingerprint density at radius 3 is 2.52 bits per heavy atom. The van der Waals surface area contributed by atoms with Crippen molar-refractivity contribution in [2.45, 2.75) is 18.9 Å². The quantitative estimate of drug-likeness (QED) is 0.858. The van der Waals surface area contributed by atoms with E-state index in [1.807, 2.05) is 0 Å². The second kappa shape index (κ2) is 8.03. The number of amides is 3. The average Bonchev–Trinajstić information content (AvgIpc) is 3.15. The lowest BCUT2D eigenvalue weighted by atomic mass is 10.2. The molecule has 1 unspecified atom stereocenters. The molecule has 0 aromatic heterocycles. The van der Waals surface area contributed by atoms with Crippen molar-refractivity contribution in [1.82, 2.24) is 4.90 Å². The first-order valence-corrected chi connectivity index (χ1v) is 8.45. The van der Waals surface area contributed by atoms with E-state index in [0.29, 0.717) is 36.9 Å². The molecule has 0 bridgehead atoms. The average molecular weight is 375 g/mol. The lowest BCUT2D eigenvalue weighted by Crippen LogP contribution is -2.45. The molecule has 1 fully saturated rings. The number of halogens is 2. The Morgan fingerprint density at radius 1 is 1.11 bits per heavy atom. The third kappa shape index (κ3) is 4.33. The molecule has 2 N–H and O–H groups in total. The number of rotatable bonds is 4. The molecule has 0 saturated carbocycles. The van der Waals surface area contributed by atoms with Crippen LogP contribution in [-0.4, -0.2) is 36.5 Å². The van der Waals surface area contributed by atoms with Crippen LogP contribution in [0.25, 0.3) is 0 Å². The first-order chi connectivity index (χ1) is 13.0. The van der Waals surface area contributed by atoms with Crippen molar-refractivity contribution >= 4 is 23.3 Å². The molecule has 6 nitrogen and oxygen atoms in total. The zero-order chi connectivity index (χ0) is 19.4. The SMILES string of the molecule is COc1ccc(NC(=O)C2CCCN2C(=O)Nc2ccc(F)cc2F)cc1. The third-order valence-corrected chi connectivity index (χ3v) is 4.35. The van der Waals surface area contributed by atoms with E-state index < -0.39 is 23.7 Å². The Bertz CT molecular complexity index is 843. The molecule has 27 heavy (non-hydrogen) atoms. The van der Waals surface area contributed by atoms with Crippen molar-refractivity contribution in [2.24, 2.45) is 0 Å². The van der Waals surface area contributed by atoms with Crippen molar-refractivity contribution < 1.29 is 23.1 Å². The molecular formula is C19H19F2N3O3. The van der Waals surface area contributed by atoms with Crippen LogP contribution in [0.15, 0.2) is 42.5 Å². The molecule has 1 aliphatic heterocycles. The number of carbonyl (C=O) groups excluding carboxylic acids is 2. The summed E-state index contributed by atoms with van der Waals surface area (Å²) in [5.74, 6) is -1.27. The number of nitrogens with zero attached hydrogens (tertiary/aromatic N) is 1. The number of hydrogen-bond donors (Lipinski definition) is 2. The van der Waals surface area contributed by atoms with Crippen molar-refractivity contribution in [3.05, 3.63) is 54.1 Å². The molecule has 1 saturated heterocycles. The largest absolute Gasteiger partial charge is 0.497 e. The molecule has 0 aliphatic carbocycles. The fraction of sp³-hybridized carbons (Fsp3) is 0.263. The summed E-state index contributed by atoms with van der Waals surface area (Å²) in [7, 11) is 1.55. The number of urea groups is 1.